The Bertz CT molecular complexity index is 1460. The molecule has 5 rings (SSSR count). The van der Waals surface area contributed by atoms with Crippen LogP contribution in [0.15, 0.2) is 84.9 Å². The highest BCUT2D eigenvalue weighted by atomic mass is 19.3. The Labute approximate surface area is 198 Å². The zero-order valence-electron chi connectivity index (χ0n) is 18.2. The number of hydrogen-bond donors (Lipinski definition) is 0. The molecule has 2 atom stereocenters. The molecule has 0 aromatic heterocycles. The third-order valence-corrected chi connectivity index (χ3v) is 5.81. The van der Waals surface area contributed by atoms with Gasteiger partial charge in [-0.2, -0.15) is 8.78 Å². The molecule has 6 nitrogen and oxygen atoms in total. The number of carbonyl (C=O) groups is 3. The standard InChI is InChI=1S/C27H18F2O6/c28-27(29)23(35-25(31)21-12-10-17-6-2-4-8-19(17)14-21)22(34-26(27)32)15-33-24(30)20-11-9-16-5-1-3-7-18(16)13-20/h1-14,22-23H,15H2/t22-,23?/m1/s1. The van der Waals surface area contributed by atoms with Crippen LogP contribution in [0.3, 0.4) is 0 Å². The summed E-state index contributed by atoms with van der Waals surface area (Å²) in [6.07, 6.45) is -3.91. The number of alkyl halides is 2. The molecule has 1 saturated heterocycles. The molecule has 0 spiro atoms. The number of benzene rings is 4. The van der Waals surface area contributed by atoms with Crippen molar-refractivity contribution in [3.63, 3.8) is 0 Å². The van der Waals surface area contributed by atoms with Crippen molar-refractivity contribution in [1.82, 2.24) is 0 Å². The van der Waals surface area contributed by atoms with Crippen LogP contribution in [0.25, 0.3) is 21.5 Å². The highest BCUT2D eigenvalue weighted by molar-refractivity contribution is 5.96. The summed E-state index contributed by atoms with van der Waals surface area (Å²) in [6.45, 7) is -0.706. The van der Waals surface area contributed by atoms with E-state index in [-0.39, 0.29) is 11.1 Å². The van der Waals surface area contributed by atoms with E-state index in [4.69, 9.17) is 14.2 Å². The summed E-state index contributed by atoms with van der Waals surface area (Å²) < 4.78 is 43.9. The first-order chi connectivity index (χ1) is 16.8. The smallest absolute Gasteiger partial charge is 0.382 e. The maximum Gasteiger partial charge on any atom is 0.382 e. The van der Waals surface area contributed by atoms with Crippen LogP contribution in [-0.4, -0.2) is 42.6 Å². The van der Waals surface area contributed by atoms with Gasteiger partial charge < -0.3 is 14.2 Å². The van der Waals surface area contributed by atoms with Gasteiger partial charge in [0, 0.05) is 0 Å². The molecule has 0 aliphatic carbocycles. The summed E-state index contributed by atoms with van der Waals surface area (Å²) in [6, 6.07) is 24.0. The number of rotatable bonds is 5. The molecule has 4 aromatic rings. The number of halogens is 2. The lowest BCUT2D eigenvalue weighted by Crippen LogP contribution is -2.43. The van der Waals surface area contributed by atoms with Gasteiger partial charge in [0.05, 0.1) is 11.1 Å². The summed E-state index contributed by atoms with van der Waals surface area (Å²) >= 11 is 0. The van der Waals surface area contributed by atoms with Crippen LogP contribution in [0.1, 0.15) is 20.7 Å². The van der Waals surface area contributed by atoms with Crippen molar-refractivity contribution in [2.45, 2.75) is 18.1 Å². The largest absolute Gasteiger partial charge is 0.458 e. The van der Waals surface area contributed by atoms with E-state index in [1.807, 2.05) is 36.4 Å². The summed E-state index contributed by atoms with van der Waals surface area (Å²) in [4.78, 5) is 36.9. The monoisotopic (exact) mass is 476 g/mol. The second-order valence-electron chi connectivity index (χ2n) is 8.11. The van der Waals surface area contributed by atoms with Crippen LogP contribution in [0, 0.1) is 0 Å². The molecule has 0 amide bonds. The van der Waals surface area contributed by atoms with Gasteiger partial charge >= 0.3 is 23.8 Å². The molecule has 176 valence electrons. The fraction of sp³-hybridized carbons (Fsp3) is 0.148. The minimum absolute atomic E-state index is 0.0331. The lowest BCUT2D eigenvalue weighted by molar-refractivity contribution is -0.163. The fourth-order valence-corrected chi connectivity index (χ4v) is 3.96. The predicted octanol–water partition coefficient (Wildman–Crippen LogP) is 4.94. The maximum absolute atomic E-state index is 14.5. The van der Waals surface area contributed by atoms with Gasteiger partial charge in [-0.15, -0.1) is 0 Å². The maximum atomic E-state index is 14.5. The van der Waals surface area contributed by atoms with Crippen LogP contribution < -0.4 is 0 Å². The first kappa shape index (κ1) is 22.5. The minimum atomic E-state index is -4.09. The van der Waals surface area contributed by atoms with Gasteiger partial charge in [-0.3, -0.25) is 0 Å². The Kier molecular flexibility index (Phi) is 5.64. The first-order valence-electron chi connectivity index (χ1n) is 10.8. The van der Waals surface area contributed by atoms with E-state index in [1.165, 1.54) is 18.2 Å². The second kappa shape index (κ2) is 8.79. The molecule has 1 fully saturated rings. The third-order valence-electron chi connectivity index (χ3n) is 5.81. The van der Waals surface area contributed by atoms with Crippen molar-refractivity contribution >= 4 is 39.5 Å². The van der Waals surface area contributed by atoms with Crippen LogP contribution >= 0.6 is 0 Å². The van der Waals surface area contributed by atoms with Crippen molar-refractivity contribution in [1.29, 1.82) is 0 Å². The van der Waals surface area contributed by atoms with Crippen molar-refractivity contribution in [3.8, 4) is 0 Å². The van der Waals surface area contributed by atoms with E-state index in [0.29, 0.717) is 5.39 Å². The summed E-state index contributed by atoms with van der Waals surface area (Å²) in [7, 11) is 0. The van der Waals surface area contributed by atoms with Crippen LogP contribution in [0.2, 0.25) is 0 Å². The number of ether oxygens (including phenoxy) is 3. The van der Waals surface area contributed by atoms with Gasteiger partial charge in [-0.25, -0.2) is 14.4 Å². The van der Waals surface area contributed by atoms with Gasteiger partial charge in [-0.1, -0.05) is 60.7 Å². The van der Waals surface area contributed by atoms with E-state index >= 15 is 0 Å². The highest BCUT2D eigenvalue weighted by Crippen LogP contribution is 2.35. The van der Waals surface area contributed by atoms with E-state index in [2.05, 4.69) is 0 Å². The summed E-state index contributed by atoms with van der Waals surface area (Å²) in [5.41, 5.74) is 0.232. The van der Waals surface area contributed by atoms with Crippen molar-refractivity contribution < 1.29 is 37.4 Å². The molecule has 1 aliphatic heterocycles. The lowest BCUT2D eigenvalue weighted by Gasteiger charge is -2.20. The molecule has 0 N–H and O–H groups in total. The molecule has 4 aromatic carbocycles. The van der Waals surface area contributed by atoms with Gasteiger partial charge in [0.15, 0.2) is 6.10 Å². The van der Waals surface area contributed by atoms with E-state index in [1.54, 1.807) is 30.3 Å². The molecule has 0 saturated carbocycles. The highest BCUT2D eigenvalue weighted by Gasteiger charge is 2.63. The Hall–Kier alpha value is -4.33. The second-order valence-corrected chi connectivity index (χ2v) is 8.11. The number of hydrogen-bond acceptors (Lipinski definition) is 6. The molecule has 1 unspecified atom stereocenters. The van der Waals surface area contributed by atoms with Gasteiger partial charge in [0.1, 0.15) is 6.61 Å². The van der Waals surface area contributed by atoms with Crippen LogP contribution in [0.5, 0.6) is 0 Å². The Morgan fingerprint density at radius 1 is 0.771 bits per heavy atom. The first-order valence-corrected chi connectivity index (χ1v) is 10.8. The minimum Gasteiger partial charge on any atom is -0.458 e. The number of fused-ring (bicyclic) bond motifs is 2. The molecule has 35 heavy (non-hydrogen) atoms. The number of carbonyl (C=O) groups excluding carboxylic acids is 3. The Morgan fingerprint density at radius 2 is 1.29 bits per heavy atom. The Balaban J connectivity index is 1.31. The van der Waals surface area contributed by atoms with E-state index in [9.17, 15) is 23.2 Å². The van der Waals surface area contributed by atoms with Gasteiger partial charge in [-0.05, 0) is 45.8 Å². The summed E-state index contributed by atoms with van der Waals surface area (Å²) in [5, 5.41) is 3.28. The molecular weight excluding hydrogens is 458 g/mol. The third kappa shape index (κ3) is 4.30. The average molecular weight is 476 g/mol. The van der Waals surface area contributed by atoms with Crippen LogP contribution in [-0.2, 0) is 19.0 Å². The quantitative estimate of drug-likeness (QED) is 0.300. The normalized spacial score (nSPS) is 18.9. The predicted molar refractivity (Wildman–Crippen MR) is 122 cm³/mol. The molecule has 0 bridgehead atoms. The lowest BCUT2D eigenvalue weighted by atomic mass is 10.1. The molecule has 1 aliphatic rings. The zero-order chi connectivity index (χ0) is 24.6. The summed E-state index contributed by atoms with van der Waals surface area (Å²) in [5.74, 6) is -7.78. The topological polar surface area (TPSA) is 78.9 Å². The zero-order valence-corrected chi connectivity index (χ0v) is 18.2. The van der Waals surface area contributed by atoms with Gasteiger partial charge in [0.25, 0.3) is 0 Å². The van der Waals surface area contributed by atoms with Crippen LogP contribution in [0.4, 0.5) is 8.78 Å². The average Bonchev–Trinajstić information content (AvgIpc) is 3.09. The molecule has 8 heteroatoms. The van der Waals surface area contributed by atoms with E-state index in [0.717, 1.165) is 16.2 Å². The van der Waals surface area contributed by atoms with E-state index < -0.39 is 42.6 Å². The Morgan fingerprint density at radius 3 is 1.86 bits per heavy atom. The molecule has 1 heterocycles. The van der Waals surface area contributed by atoms with Crippen molar-refractivity contribution in [3.05, 3.63) is 96.1 Å². The fourth-order valence-electron chi connectivity index (χ4n) is 3.96. The van der Waals surface area contributed by atoms with Crippen molar-refractivity contribution in [2.75, 3.05) is 6.61 Å². The number of esters is 3. The molecular formula is C27H18F2O6. The van der Waals surface area contributed by atoms with Gasteiger partial charge in [0.2, 0.25) is 6.10 Å². The number of cyclic esters (lactones) is 1. The van der Waals surface area contributed by atoms with Crippen molar-refractivity contribution in [2.24, 2.45) is 0 Å². The molecule has 0 radical (unpaired) electrons. The SMILES string of the molecule is O=C(OC[C@H]1OC(=O)C(F)(F)C1OC(=O)c1ccc2ccccc2c1)c1ccc2ccccc2c1.